The second-order valence-corrected chi connectivity index (χ2v) is 9.09. The van der Waals surface area contributed by atoms with E-state index in [1.165, 1.54) is 6.42 Å². The Balaban J connectivity index is 1.47. The van der Waals surface area contributed by atoms with Crippen molar-refractivity contribution in [3.05, 3.63) is 47.0 Å². The average molecular weight is 442 g/mol. The SMILES string of the molecule is O=C(C1CC1)N1CCOc2c(cc(-c3cccc(Cl)c3)cc2OC[C@@H]2CCCCO2)C1. The van der Waals surface area contributed by atoms with Gasteiger partial charge in [0.05, 0.1) is 12.6 Å². The van der Waals surface area contributed by atoms with Crippen LogP contribution in [0.4, 0.5) is 0 Å². The molecule has 0 spiro atoms. The summed E-state index contributed by atoms with van der Waals surface area (Å²) in [5.41, 5.74) is 2.99. The van der Waals surface area contributed by atoms with Crippen molar-refractivity contribution < 1.29 is 19.0 Å². The van der Waals surface area contributed by atoms with Crippen molar-refractivity contribution in [1.82, 2.24) is 4.90 Å². The van der Waals surface area contributed by atoms with E-state index in [1.807, 2.05) is 35.2 Å². The molecule has 1 atom stereocenters. The van der Waals surface area contributed by atoms with E-state index in [-0.39, 0.29) is 17.9 Å². The molecule has 31 heavy (non-hydrogen) atoms. The highest BCUT2D eigenvalue weighted by Gasteiger charge is 2.35. The maximum atomic E-state index is 12.7. The van der Waals surface area contributed by atoms with E-state index >= 15 is 0 Å². The molecule has 5 rings (SSSR count). The third-order valence-corrected chi connectivity index (χ3v) is 6.43. The standard InChI is InChI=1S/C25H28ClNO4/c26-21-5-3-4-18(13-21)19-12-20-15-27(25(28)17-7-8-17)9-11-30-24(20)23(14-19)31-16-22-6-1-2-10-29-22/h3-5,12-14,17,22H,1-2,6-11,15-16H2/t22-/m0/s1. The van der Waals surface area contributed by atoms with E-state index in [9.17, 15) is 4.79 Å². The normalized spacial score (nSPS) is 21.1. The molecule has 2 fully saturated rings. The second-order valence-electron chi connectivity index (χ2n) is 8.66. The molecule has 1 aliphatic carbocycles. The fourth-order valence-corrected chi connectivity index (χ4v) is 4.51. The monoisotopic (exact) mass is 441 g/mol. The van der Waals surface area contributed by atoms with E-state index in [0.717, 1.165) is 54.7 Å². The average Bonchev–Trinajstić information content (AvgIpc) is 3.64. The Kier molecular flexibility index (Phi) is 6.06. The number of benzene rings is 2. The van der Waals surface area contributed by atoms with Crippen LogP contribution < -0.4 is 9.47 Å². The van der Waals surface area contributed by atoms with Gasteiger partial charge in [-0.25, -0.2) is 0 Å². The maximum Gasteiger partial charge on any atom is 0.226 e. The van der Waals surface area contributed by atoms with E-state index in [1.54, 1.807) is 0 Å². The van der Waals surface area contributed by atoms with Crippen LogP contribution in [0.2, 0.25) is 5.02 Å². The number of halogens is 1. The highest BCUT2D eigenvalue weighted by Crippen LogP contribution is 2.40. The first-order chi connectivity index (χ1) is 15.2. The molecular weight excluding hydrogens is 414 g/mol. The molecule has 0 N–H and O–H groups in total. The van der Waals surface area contributed by atoms with Gasteiger partial charge in [-0.15, -0.1) is 0 Å². The van der Waals surface area contributed by atoms with Gasteiger partial charge in [-0.1, -0.05) is 23.7 Å². The van der Waals surface area contributed by atoms with Crippen molar-refractivity contribution in [2.45, 2.75) is 44.8 Å². The zero-order valence-corrected chi connectivity index (χ0v) is 18.4. The minimum Gasteiger partial charge on any atom is -0.487 e. The van der Waals surface area contributed by atoms with Gasteiger partial charge in [-0.2, -0.15) is 0 Å². The molecule has 3 aliphatic rings. The highest BCUT2D eigenvalue weighted by atomic mass is 35.5. The quantitative estimate of drug-likeness (QED) is 0.648. The van der Waals surface area contributed by atoms with Crippen LogP contribution in [-0.2, 0) is 16.1 Å². The van der Waals surface area contributed by atoms with Crippen LogP contribution in [0.25, 0.3) is 11.1 Å². The molecular formula is C25H28ClNO4. The van der Waals surface area contributed by atoms with Gasteiger partial charge in [0.15, 0.2) is 11.5 Å². The molecule has 1 saturated heterocycles. The third-order valence-electron chi connectivity index (χ3n) is 6.20. The summed E-state index contributed by atoms with van der Waals surface area (Å²) in [6.07, 6.45) is 5.41. The molecule has 1 amide bonds. The molecule has 2 aliphatic heterocycles. The fraction of sp³-hybridized carbons (Fsp3) is 0.480. The van der Waals surface area contributed by atoms with Gasteiger partial charge in [-0.3, -0.25) is 4.79 Å². The van der Waals surface area contributed by atoms with Gasteiger partial charge in [0.2, 0.25) is 5.91 Å². The van der Waals surface area contributed by atoms with E-state index in [0.29, 0.717) is 37.1 Å². The van der Waals surface area contributed by atoms with E-state index < -0.39 is 0 Å². The predicted molar refractivity (Wildman–Crippen MR) is 120 cm³/mol. The summed E-state index contributed by atoms with van der Waals surface area (Å²) < 4.78 is 18.2. The lowest BCUT2D eigenvalue weighted by Crippen LogP contribution is -2.33. The topological polar surface area (TPSA) is 48.0 Å². The molecule has 2 aromatic rings. The summed E-state index contributed by atoms with van der Waals surface area (Å²) >= 11 is 6.25. The van der Waals surface area contributed by atoms with Crippen molar-refractivity contribution in [3.63, 3.8) is 0 Å². The number of carbonyl (C=O) groups excluding carboxylic acids is 1. The summed E-state index contributed by atoms with van der Waals surface area (Å²) in [7, 11) is 0. The van der Waals surface area contributed by atoms with Gasteiger partial charge in [0, 0.05) is 29.7 Å². The third kappa shape index (κ3) is 4.83. The summed E-state index contributed by atoms with van der Waals surface area (Å²) in [4.78, 5) is 14.7. The van der Waals surface area contributed by atoms with Crippen LogP contribution in [0.3, 0.4) is 0 Å². The molecule has 0 unspecified atom stereocenters. The Morgan fingerprint density at radius 2 is 2.00 bits per heavy atom. The molecule has 6 heteroatoms. The highest BCUT2D eigenvalue weighted by molar-refractivity contribution is 6.30. The summed E-state index contributed by atoms with van der Waals surface area (Å²) in [5.74, 6) is 1.88. The van der Waals surface area contributed by atoms with Gasteiger partial charge in [0.25, 0.3) is 0 Å². The predicted octanol–water partition coefficient (Wildman–Crippen LogP) is 5.09. The molecule has 2 heterocycles. The number of ether oxygens (including phenoxy) is 3. The van der Waals surface area contributed by atoms with Crippen molar-refractivity contribution in [1.29, 1.82) is 0 Å². The van der Waals surface area contributed by atoms with Crippen LogP contribution >= 0.6 is 11.6 Å². The van der Waals surface area contributed by atoms with Crippen LogP contribution in [0.1, 0.15) is 37.7 Å². The van der Waals surface area contributed by atoms with Gasteiger partial charge in [0.1, 0.15) is 13.2 Å². The number of rotatable bonds is 5. The largest absolute Gasteiger partial charge is 0.487 e. The van der Waals surface area contributed by atoms with Crippen molar-refractivity contribution in [3.8, 4) is 22.6 Å². The molecule has 5 nitrogen and oxygen atoms in total. The van der Waals surface area contributed by atoms with Crippen LogP contribution in [-0.4, -0.2) is 43.3 Å². The molecule has 0 aromatic heterocycles. The lowest BCUT2D eigenvalue weighted by molar-refractivity contribution is -0.133. The minimum absolute atomic E-state index is 0.109. The summed E-state index contributed by atoms with van der Waals surface area (Å²) in [6.45, 7) is 2.90. The number of nitrogens with zero attached hydrogens (tertiary/aromatic N) is 1. The Labute approximate surface area is 188 Å². The second kappa shape index (κ2) is 9.09. The zero-order chi connectivity index (χ0) is 21.2. The maximum absolute atomic E-state index is 12.7. The first-order valence-electron chi connectivity index (χ1n) is 11.3. The van der Waals surface area contributed by atoms with Gasteiger partial charge >= 0.3 is 0 Å². The van der Waals surface area contributed by atoms with Gasteiger partial charge < -0.3 is 19.1 Å². The Hall–Kier alpha value is -2.24. The lowest BCUT2D eigenvalue weighted by Gasteiger charge is -2.24. The smallest absolute Gasteiger partial charge is 0.226 e. The first kappa shape index (κ1) is 20.7. The van der Waals surface area contributed by atoms with Gasteiger partial charge in [-0.05, 0) is 67.5 Å². The number of hydrogen-bond donors (Lipinski definition) is 0. The van der Waals surface area contributed by atoms with Crippen molar-refractivity contribution in [2.24, 2.45) is 5.92 Å². The molecule has 0 bridgehead atoms. The van der Waals surface area contributed by atoms with Crippen LogP contribution in [0, 0.1) is 5.92 Å². The Morgan fingerprint density at radius 1 is 1.10 bits per heavy atom. The van der Waals surface area contributed by atoms with Crippen molar-refractivity contribution in [2.75, 3.05) is 26.4 Å². The molecule has 1 saturated carbocycles. The summed E-state index contributed by atoms with van der Waals surface area (Å²) in [6, 6.07) is 11.9. The first-order valence-corrected chi connectivity index (χ1v) is 11.6. The minimum atomic E-state index is 0.109. The molecule has 164 valence electrons. The van der Waals surface area contributed by atoms with E-state index in [2.05, 4.69) is 6.07 Å². The molecule has 0 radical (unpaired) electrons. The van der Waals surface area contributed by atoms with Crippen LogP contribution in [0.15, 0.2) is 36.4 Å². The number of carbonyl (C=O) groups is 1. The Morgan fingerprint density at radius 3 is 2.77 bits per heavy atom. The number of fused-ring (bicyclic) bond motifs is 1. The van der Waals surface area contributed by atoms with Crippen molar-refractivity contribution >= 4 is 17.5 Å². The fourth-order valence-electron chi connectivity index (χ4n) is 4.32. The lowest BCUT2D eigenvalue weighted by atomic mass is 10.0. The number of hydrogen-bond acceptors (Lipinski definition) is 4. The Bertz CT molecular complexity index is 953. The van der Waals surface area contributed by atoms with E-state index in [4.69, 9.17) is 25.8 Å². The number of amides is 1. The summed E-state index contributed by atoms with van der Waals surface area (Å²) in [5, 5.41) is 0.687. The molecule has 2 aromatic carbocycles. The van der Waals surface area contributed by atoms with Crippen LogP contribution in [0.5, 0.6) is 11.5 Å². The zero-order valence-electron chi connectivity index (χ0n) is 17.6.